The second kappa shape index (κ2) is 61.1. The van der Waals surface area contributed by atoms with Gasteiger partial charge >= 0.3 is 17.9 Å². The molecule has 418 valence electrons. The largest absolute Gasteiger partial charge is 0.462 e. The fraction of sp³-hybridized carbons (Fsp3) is 0.632. The molecule has 0 heterocycles. The molecule has 0 aliphatic carbocycles. The van der Waals surface area contributed by atoms with Crippen LogP contribution in [0.15, 0.2) is 134 Å². The lowest BCUT2D eigenvalue weighted by atomic mass is 10.1. The van der Waals surface area contributed by atoms with Crippen LogP contribution in [0.3, 0.4) is 0 Å². The van der Waals surface area contributed by atoms with Crippen molar-refractivity contribution in [3.63, 3.8) is 0 Å². The van der Waals surface area contributed by atoms with Gasteiger partial charge in [0.1, 0.15) is 13.2 Å². The first-order valence-corrected chi connectivity index (χ1v) is 30.2. The van der Waals surface area contributed by atoms with Crippen molar-refractivity contribution in [3.8, 4) is 0 Å². The number of allylic oxidation sites excluding steroid dienone is 22. The maximum absolute atomic E-state index is 12.9. The highest BCUT2D eigenvalue weighted by Gasteiger charge is 2.19. The van der Waals surface area contributed by atoms with Crippen LogP contribution in [-0.4, -0.2) is 37.2 Å². The van der Waals surface area contributed by atoms with E-state index < -0.39 is 6.10 Å². The molecule has 0 aromatic rings. The molecule has 0 saturated heterocycles. The van der Waals surface area contributed by atoms with E-state index in [1.165, 1.54) is 77.0 Å². The second-order valence-electron chi connectivity index (χ2n) is 19.5. The summed E-state index contributed by atoms with van der Waals surface area (Å²) in [4.78, 5) is 38.2. The first-order valence-electron chi connectivity index (χ1n) is 30.2. The van der Waals surface area contributed by atoms with Gasteiger partial charge in [-0.3, -0.25) is 14.4 Å². The van der Waals surface area contributed by atoms with Crippen LogP contribution in [0.1, 0.15) is 258 Å². The number of carbonyl (C=O) groups is 3. The van der Waals surface area contributed by atoms with E-state index in [1.54, 1.807) is 0 Å². The third-order valence-corrected chi connectivity index (χ3v) is 12.4. The predicted octanol–water partition coefficient (Wildman–Crippen LogP) is 20.6. The van der Waals surface area contributed by atoms with Crippen molar-refractivity contribution < 1.29 is 28.6 Å². The Morgan fingerprint density at radius 3 is 0.838 bits per heavy atom. The first-order chi connectivity index (χ1) is 36.5. The summed E-state index contributed by atoms with van der Waals surface area (Å²) in [5, 5.41) is 0. The van der Waals surface area contributed by atoms with Gasteiger partial charge in [0.05, 0.1) is 0 Å². The molecule has 0 aliphatic rings. The lowest BCUT2D eigenvalue weighted by Gasteiger charge is -2.18. The minimum Gasteiger partial charge on any atom is -0.462 e. The quantitative estimate of drug-likeness (QED) is 0.0261. The average Bonchev–Trinajstić information content (AvgIpc) is 3.40. The smallest absolute Gasteiger partial charge is 0.306 e. The van der Waals surface area contributed by atoms with Crippen molar-refractivity contribution in [1.29, 1.82) is 0 Å². The Balaban J connectivity index is 4.39. The molecule has 6 nitrogen and oxygen atoms in total. The van der Waals surface area contributed by atoms with Gasteiger partial charge in [0.15, 0.2) is 6.10 Å². The Labute approximate surface area is 455 Å². The van der Waals surface area contributed by atoms with E-state index in [2.05, 4.69) is 154 Å². The molecule has 0 fully saturated rings. The number of carbonyl (C=O) groups excluding carboxylic acids is 3. The van der Waals surface area contributed by atoms with Crippen LogP contribution in [0.5, 0.6) is 0 Å². The fourth-order valence-corrected chi connectivity index (χ4v) is 7.94. The van der Waals surface area contributed by atoms with Gasteiger partial charge < -0.3 is 14.2 Å². The topological polar surface area (TPSA) is 78.9 Å². The molecule has 0 saturated carbocycles. The molecular formula is C68H110O6. The maximum atomic E-state index is 12.9. The van der Waals surface area contributed by atoms with Gasteiger partial charge in [-0.05, 0) is 116 Å². The van der Waals surface area contributed by atoms with E-state index in [0.717, 1.165) is 141 Å². The Bertz CT molecular complexity index is 1600. The van der Waals surface area contributed by atoms with Crippen LogP contribution in [-0.2, 0) is 28.6 Å². The molecule has 6 heteroatoms. The van der Waals surface area contributed by atoms with Gasteiger partial charge in [-0.1, -0.05) is 257 Å². The van der Waals surface area contributed by atoms with Crippen LogP contribution >= 0.6 is 0 Å². The molecule has 0 rings (SSSR count). The van der Waals surface area contributed by atoms with E-state index in [4.69, 9.17) is 14.2 Å². The summed E-state index contributed by atoms with van der Waals surface area (Å²) in [7, 11) is 0. The SMILES string of the molecule is CC/C=C\C/C=C\C/C=C\C/C=C\C/C=C\C/C=C\C/C=C\CCCCCC(=O)OCC(COC(=O)CCCCCCCCCCCC)OC(=O)CCCCCCCCCC/C=C\C/C=C\C/C=C\C/C=C\CC. The normalized spacial score (nSPS) is 13.1. The molecule has 0 aromatic heterocycles. The van der Waals surface area contributed by atoms with Crippen molar-refractivity contribution in [1.82, 2.24) is 0 Å². The van der Waals surface area contributed by atoms with E-state index in [9.17, 15) is 14.4 Å². The van der Waals surface area contributed by atoms with Crippen molar-refractivity contribution >= 4 is 17.9 Å². The zero-order valence-corrected chi connectivity index (χ0v) is 47.8. The van der Waals surface area contributed by atoms with Crippen LogP contribution in [0, 0.1) is 0 Å². The van der Waals surface area contributed by atoms with Crippen LogP contribution in [0.25, 0.3) is 0 Å². The van der Waals surface area contributed by atoms with Gasteiger partial charge in [-0.15, -0.1) is 0 Å². The van der Waals surface area contributed by atoms with Crippen molar-refractivity contribution in [2.75, 3.05) is 13.2 Å². The van der Waals surface area contributed by atoms with E-state index in [0.29, 0.717) is 19.3 Å². The second-order valence-corrected chi connectivity index (χ2v) is 19.5. The summed E-state index contributed by atoms with van der Waals surface area (Å²) in [6, 6.07) is 0. The lowest BCUT2D eigenvalue weighted by molar-refractivity contribution is -0.167. The third kappa shape index (κ3) is 58.4. The number of unbranched alkanes of at least 4 members (excludes halogenated alkanes) is 20. The molecule has 0 aromatic carbocycles. The van der Waals surface area contributed by atoms with Crippen LogP contribution in [0.4, 0.5) is 0 Å². The molecular weight excluding hydrogens is 913 g/mol. The molecule has 0 N–H and O–H groups in total. The van der Waals surface area contributed by atoms with Gasteiger partial charge in [0, 0.05) is 19.3 Å². The first kappa shape index (κ1) is 69.5. The van der Waals surface area contributed by atoms with Crippen molar-refractivity contribution in [2.24, 2.45) is 0 Å². The van der Waals surface area contributed by atoms with E-state index >= 15 is 0 Å². The number of hydrogen-bond acceptors (Lipinski definition) is 6. The van der Waals surface area contributed by atoms with Gasteiger partial charge in [-0.2, -0.15) is 0 Å². The number of hydrogen-bond donors (Lipinski definition) is 0. The Morgan fingerprint density at radius 1 is 0.284 bits per heavy atom. The van der Waals surface area contributed by atoms with E-state index in [-0.39, 0.29) is 31.1 Å². The van der Waals surface area contributed by atoms with Crippen molar-refractivity contribution in [2.45, 2.75) is 264 Å². The maximum Gasteiger partial charge on any atom is 0.306 e. The average molecular weight is 1020 g/mol. The Hall–Kier alpha value is -4.45. The molecule has 0 bridgehead atoms. The zero-order valence-electron chi connectivity index (χ0n) is 47.8. The standard InChI is InChI=1S/C68H110O6/c1-4-7-10-13-16-19-22-24-26-28-30-32-33-34-35-37-38-40-42-44-46-49-52-55-58-61-67(70)73-64-65(63-72-66(69)60-57-54-51-48-21-18-15-12-9-6-3)74-68(71)62-59-56-53-50-47-45-43-41-39-36-31-29-27-25-23-20-17-14-11-8-5-2/h7-8,10-11,16-17,19-20,24-27,30-32,34-36,38,40,44,46,65H,4-6,9,12-15,18,21-23,28-29,33,37,39,41-43,45,47-64H2,1-3H3/b10-7-,11-8-,19-16-,20-17-,26-24-,27-25-,32-30-,35-34-,36-31-,40-38-,46-44-. The van der Waals surface area contributed by atoms with Gasteiger partial charge in [0.25, 0.3) is 0 Å². The van der Waals surface area contributed by atoms with Crippen molar-refractivity contribution in [3.05, 3.63) is 134 Å². The number of ether oxygens (including phenoxy) is 3. The Morgan fingerprint density at radius 2 is 0.527 bits per heavy atom. The highest BCUT2D eigenvalue weighted by atomic mass is 16.6. The monoisotopic (exact) mass is 1020 g/mol. The summed E-state index contributed by atoms with van der Waals surface area (Å²) in [6.07, 6.45) is 85.9. The Kier molecular flexibility index (Phi) is 57.4. The number of esters is 3. The minimum absolute atomic E-state index is 0.0944. The van der Waals surface area contributed by atoms with Gasteiger partial charge in [0.2, 0.25) is 0 Å². The van der Waals surface area contributed by atoms with Gasteiger partial charge in [-0.25, -0.2) is 0 Å². The van der Waals surface area contributed by atoms with Crippen LogP contribution in [0.2, 0.25) is 0 Å². The summed E-state index contributed by atoms with van der Waals surface area (Å²) < 4.78 is 16.8. The summed E-state index contributed by atoms with van der Waals surface area (Å²) in [5.41, 5.74) is 0. The summed E-state index contributed by atoms with van der Waals surface area (Å²) in [5.74, 6) is -0.940. The molecule has 0 aliphatic heterocycles. The molecule has 0 amide bonds. The fourth-order valence-electron chi connectivity index (χ4n) is 7.94. The molecule has 1 atom stereocenters. The highest BCUT2D eigenvalue weighted by molar-refractivity contribution is 5.71. The molecule has 0 radical (unpaired) electrons. The minimum atomic E-state index is -0.800. The molecule has 0 spiro atoms. The van der Waals surface area contributed by atoms with E-state index in [1.807, 2.05) is 0 Å². The summed E-state index contributed by atoms with van der Waals surface area (Å²) in [6.45, 7) is 6.36. The predicted molar refractivity (Wildman–Crippen MR) is 320 cm³/mol. The zero-order chi connectivity index (χ0) is 53.6. The number of rotatable bonds is 53. The highest BCUT2D eigenvalue weighted by Crippen LogP contribution is 2.15. The summed E-state index contributed by atoms with van der Waals surface area (Å²) >= 11 is 0. The lowest BCUT2D eigenvalue weighted by Crippen LogP contribution is -2.30. The molecule has 1 unspecified atom stereocenters. The third-order valence-electron chi connectivity index (χ3n) is 12.4. The molecule has 74 heavy (non-hydrogen) atoms. The van der Waals surface area contributed by atoms with Crippen LogP contribution < -0.4 is 0 Å².